The average molecular weight is 374 g/mol. The van der Waals surface area contributed by atoms with E-state index in [1.807, 2.05) is 53.4 Å². The fourth-order valence-electron chi connectivity index (χ4n) is 3.38. The van der Waals surface area contributed by atoms with Gasteiger partial charge in [0.1, 0.15) is 5.82 Å². The molecule has 0 atom stereocenters. The highest BCUT2D eigenvalue weighted by atomic mass is 19.1. The molecule has 0 saturated carbocycles. The van der Waals surface area contributed by atoms with Gasteiger partial charge in [0.25, 0.3) is 11.8 Å². The van der Waals surface area contributed by atoms with E-state index in [2.05, 4.69) is 5.32 Å². The highest BCUT2D eigenvalue weighted by Crippen LogP contribution is 2.24. The average Bonchev–Trinajstić information content (AvgIpc) is 2.73. The zero-order valence-corrected chi connectivity index (χ0v) is 15.2. The molecule has 1 N–H and O–H groups in total. The number of hydrogen-bond acceptors (Lipinski definition) is 2. The van der Waals surface area contributed by atoms with Gasteiger partial charge >= 0.3 is 0 Å². The topological polar surface area (TPSA) is 49.4 Å². The maximum Gasteiger partial charge on any atom is 0.255 e. The third-order valence-electron chi connectivity index (χ3n) is 4.89. The first kappa shape index (κ1) is 17.9. The summed E-state index contributed by atoms with van der Waals surface area (Å²) in [6, 6.07) is 20.4. The van der Waals surface area contributed by atoms with Gasteiger partial charge in [0.15, 0.2) is 0 Å². The molecule has 140 valence electrons. The van der Waals surface area contributed by atoms with Gasteiger partial charge in [0, 0.05) is 29.9 Å². The fraction of sp³-hybridized carbons (Fsp3) is 0.130. The lowest BCUT2D eigenvalue weighted by Crippen LogP contribution is -2.36. The minimum atomic E-state index is -0.381. The molecule has 3 aromatic rings. The number of hydrogen-bond donors (Lipinski definition) is 1. The van der Waals surface area contributed by atoms with Crippen LogP contribution in [0, 0.1) is 5.82 Å². The Kier molecular flexibility index (Phi) is 4.89. The van der Waals surface area contributed by atoms with E-state index in [4.69, 9.17) is 0 Å². The first-order valence-electron chi connectivity index (χ1n) is 9.13. The van der Waals surface area contributed by atoms with Crippen LogP contribution in [0.2, 0.25) is 0 Å². The lowest BCUT2D eigenvalue weighted by atomic mass is 9.98. The van der Waals surface area contributed by atoms with Gasteiger partial charge in [0.2, 0.25) is 0 Å². The van der Waals surface area contributed by atoms with Gasteiger partial charge in [0.05, 0.1) is 0 Å². The lowest BCUT2D eigenvalue weighted by molar-refractivity contribution is 0.0734. The van der Waals surface area contributed by atoms with Crippen molar-refractivity contribution in [2.45, 2.75) is 13.0 Å². The largest absolute Gasteiger partial charge is 0.334 e. The van der Waals surface area contributed by atoms with Crippen LogP contribution in [0.5, 0.6) is 0 Å². The zero-order chi connectivity index (χ0) is 19.5. The van der Waals surface area contributed by atoms with Gasteiger partial charge in [-0.15, -0.1) is 0 Å². The number of amides is 2. The molecule has 1 heterocycles. The molecule has 0 saturated heterocycles. The monoisotopic (exact) mass is 374 g/mol. The molecule has 0 aromatic heterocycles. The summed E-state index contributed by atoms with van der Waals surface area (Å²) < 4.78 is 13.0. The molecule has 2 amide bonds. The van der Waals surface area contributed by atoms with Crippen LogP contribution in [-0.2, 0) is 13.0 Å². The van der Waals surface area contributed by atoms with Crippen molar-refractivity contribution in [1.82, 2.24) is 4.90 Å². The van der Waals surface area contributed by atoms with Gasteiger partial charge in [-0.3, -0.25) is 9.59 Å². The molecule has 4 rings (SSSR count). The molecule has 0 radical (unpaired) electrons. The molecule has 28 heavy (non-hydrogen) atoms. The second-order valence-electron chi connectivity index (χ2n) is 6.79. The predicted molar refractivity (Wildman–Crippen MR) is 106 cm³/mol. The van der Waals surface area contributed by atoms with Crippen LogP contribution in [-0.4, -0.2) is 23.3 Å². The Labute approximate surface area is 162 Å². The Hall–Kier alpha value is -3.47. The van der Waals surface area contributed by atoms with Crippen molar-refractivity contribution in [1.29, 1.82) is 0 Å². The van der Waals surface area contributed by atoms with Crippen molar-refractivity contribution in [3.63, 3.8) is 0 Å². The zero-order valence-electron chi connectivity index (χ0n) is 15.2. The minimum Gasteiger partial charge on any atom is -0.334 e. The fourth-order valence-corrected chi connectivity index (χ4v) is 3.38. The minimum absolute atomic E-state index is 0.00648. The number of fused-ring (bicyclic) bond motifs is 1. The summed E-state index contributed by atoms with van der Waals surface area (Å²) in [7, 11) is 0. The summed E-state index contributed by atoms with van der Waals surface area (Å²) in [6.07, 6.45) is 0.778. The lowest BCUT2D eigenvalue weighted by Gasteiger charge is -2.29. The third kappa shape index (κ3) is 3.78. The van der Waals surface area contributed by atoms with Gasteiger partial charge in [-0.05, 0) is 66.1 Å². The number of rotatable bonds is 3. The first-order valence-corrected chi connectivity index (χ1v) is 9.13. The Bertz CT molecular complexity index is 1020. The number of carbonyl (C=O) groups excluding carboxylic acids is 2. The van der Waals surface area contributed by atoms with Crippen molar-refractivity contribution in [2.24, 2.45) is 0 Å². The standard InChI is InChI=1S/C23H19FN2O2/c24-20-9-6-17(7-10-20)22(27)25-21-11-8-16-12-13-26(15-19(16)14-21)23(28)18-4-2-1-3-5-18/h1-11,14H,12-13,15H2,(H,25,27). The van der Waals surface area contributed by atoms with Crippen LogP contribution in [0.25, 0.3) is 0 Å². The number of halogens is 1. The summed E-state index contributed by atoms with van der Waals surface area (Å²) in [5.41, 5.74) is 3.91. The van der Waals surface area contributed by atoms with Crippen LogP contribution < -0.4 is 5.32 Å². The molecule has 0 aliphatic carbocycles. The van der Waals surface area contributed by atoms with Gasteiger partial charge in [-0.1, -0.05) is 24.3 Å². The molecule has 5 heteroatoms. The van der Waals surface area contributed by atoms with E-state index in [0.717, 1.165) is 12.0 Å². The van der Waals surface area contributed by atoms with Crippen LogP contribution in [0.15, 0.2) is 72.8 Å². The molecule has 0 bridgehead atoms. The molecule has 0 unspecified atom stereocenters. The van der Waals surface area contributed by atoms with E-state index in [1.54, 1.807) is 0 Å². The Morgan fingerprint density at radius 3 is 2.36 bits per heavy atom. The summed E-state index contributed by atoms with van der Waals surface area (Å²) in [6.45, 7) is 1.17. The van der Waals surface area contributed by atoms with E-state index in [0.29, 0.717) is 29.9 Å². The van der Waals surface area contributed by atoms with Crippen molar-refractivity contribution in [3.05, 3.63) is 101 Å². The van der Waals surface area contributed by atoms with E-state index in [-0.39, 0.29) is 17.6 Å². The molecule has 1 aliphatic rings. The first-order chi connectivity index (χ1) is 13.6. The normalized spacial score (nSPS) is 13.0. The molecule has 1 aliphatic heterocycles. The molecular formula is C23H19FN2O2. The second-order valence-corrected chi connectivity index (χ2v) is 6.79. The highest BCUT2D eigenvalue weighted by Gasteiger charge is 2.22. The summed E-state index contributed by atoms with van der Waals surface area (Å²) in [5.74, 6) is -0.673. The highest BCUT2D eigenvalue weighted by molar-refractivity contribution is 6.04. The van der Waals surface area contributed by atoms with Gasteiger partial charge in [-0.2, -0.15) is 0 Å². The SMILES string of the molecule is O=C(Nc1ccc2c(c1)CN(C(=O)c1ccccc1)CC2)c1ccc(F)cc1. The van der Waals surface area contributed by atoms with Crippen molar-refractivity contribution in [3.8, 4) is 0 Å². The van der Waals surface area contributed by atoms with Crippen molar-refractivity contribution in [2.75, 3.05) is 11.9 Å². The van der Waals surface area contributed by atoms with Crippen LogP contribution in [0.1, 0.15) is 31.8 Å². The summed E-state index contributed by atoms with van der Waals surface area (Å²) in [5, 5.41) is 2.84. The Balaban J connectivity index is 1.50. The van der Waals surface area contributed by atoms with Crippen LogP contribution in [0.4, 0.5) is 10.1 Å². The number of benzene rings is 3. The number of nitrogens with zero attached hydrogens (tertiary/aromatic N) is 1. The molecule has 4 nitrogen and oxygen atoms in total. The predicted octanol–water partition coefficient (Wildman–Crippen LogP) is 4.28. The van der Waals surface area contributed by atoms with Crippen molar-refractivity contribution < 1.29 is 14.0 Å². The summed E-state index contributed by atoms with van der Waals surface area (Å²) in [4.78, 5) is 26.9. The van der Waals surface area contributed by atoms with E-state index in [1.165, 1.54) is 29.8 Å². The van der Waals surface area contributed by atoms with Crippen LogP contribution >= 0.6 is 0 Å². The Morgan fingerprint density at radius 2 is 1.61 bits per heavy atom. The van der Waals surface area contributed by atoms with Crippen molar-refractivity contribution >= 4 is 17.5 Å². The van der Waals surface area contributed by atoms with E-state index < -0.39 is 0 Å². The number of nitrogens with one attached hydrogen (secondary N) is 1. The van der Waals surface area contributed by atoms with E-state index in [9.17, 15) is 14.0 Å². The molecular weight excluding hydrogens is 355 g/mol. The van der Waals surface area contributed by atoms with E-state index >= 15 is 0 Å². The summed E-state index contributed by atoms with van der Waals surface area (Å²) >= 11 is 0. The smallest absolute Gasteiger partial charge is 0.255 e. The molecule has 0 spiro atoms. The van der Waals surface area contributed by atoms with Crippen LogP contribution in [0.3, 0.4) is 0 Å². The second kappa shape index (κ2) is 7.64. The quantitative estimate of drug-likeness (QED) is 0.744. The maximum absolute atomic E-state index is 13.0. The number of carbonyl (C=O) groups is 2. The Morgan fingerprint density at radius 1 is 0.857 bits per heavy atom. The third-order valence-corrected chi connectivity index (χ3v) is 4.89. The molecule has 0 fully saturated rings. The van der Waals surface area contributed by atoms with Gasteiger partial charge in [-0.25, -0.2) is 4.39 Å². The van der Waals surface area contributed by atoms with Gasteiger partial charge < -0.3 is 10.2 Å². The maximum atomic E-state index is 13.0. The molecule has 3 aromatic carbocycles. The number of anilines is 1.